The van der Waals surface area contributed by atoms with Gasteiger partial charge in [0.1, 0.15) is 11.5 Å². The molecular formula is C15H20O4. The zero-order valence-corrected chi connectivity index (χ0v) is 11.5. The summed E-state index contributed by atoms with van der Waals surface area (Å²) in [5.74, 6) is 0.581. The maximum atomic E-state index is 12.3. The molecule has 4 heteroatoms. The van der Waals surface area contributed by atoms with E-state index in [1.807, 2.05) is 19.1 Å². The number of carbonyl (C=O) groups excluding carboxylic acids is 2. The molecule has 1 aromatic heterocycles. The summed E-state index contributed by atoms with van der Waals surface area (Å²) in [4.78, 5) is 24.1. The molecule has 1 saturated carbocycles. The summed E-state index contributed by atoms with van der Waals surface area (Å²) in [6.07, 6.45) is 4.00. The van der Waals surface area contributed by atoms with Crippen molar-refractivity contribution in [2.75, 3.05) is 6.61 Å². The fourth-order valence-corrected chi connectivity index (χ4v) is 2.94. The molecule has 1 aliphatic carbocycles. The molecule has 0 spiro atoms. The van der Waals surface area contributed by atoms with Gasteiger partial charge in [-0.05, 0) is 31.9 Å². The Balaban J connectivity index is 2.24. The van der Waals surface area contributed by atoms with E-state index in [4.69, 9.17) is 9.15 Å². The molecule has 1 aliphatic rings. The number of ketones is 1. The Morgan fingerprint density at radius 3 is 3.00 bits per heavy atom. The lowest BCUT2D eigenvalue weighted by Gasteiger charge is -2.38. The highest BCUT2D eigenvalue weighted by molar-refractivity contribution is 5.90. The average Bonchev–Trinajstić information content (AvgIpc) is 2.86. The van der Waals surface area contributed by atoms with Crippen LogP contribution < -0.4 is 0 Å². The number of carbonyl (C=O) groups is 2. The van der Waals surface area contributed by atoms with Crippen LogP contribution in [0.5, 0.6) is 0 Å². The Kier molecular flexibility index (Phi) is 4.08. The molecule has 19 heavy (non-hydrogen) atoms. The first kappa shape index (κ1) is 13.8. The summed E-state index contributed by atoms with van der Waals surface area (Å²) in [7, 11) is 0. The topological polar surface area (TPSA) is 56.5 Å². The highest BCUT2D eigenvalue weighted by atomic mass is 16.5. The number of Topliss-reactive ketones (excluding diaryl/α,β-unsaturated/α-hetero) is 1. The molecule has 0 saturated heterocycles. The van der Waals surface area contributed by atoms with Crippen LogP contribution in [0.4, 0.5) is 0 Å². The number of hydrogen-bond acceptors (Lipinski definition) is 4. The van der Waals surface area contributed by atoms with Crippen molar-refractivity contribution in [1.82, 2.24) is 0 Å². The second-order valence-electron chi connectivity index (χ2n) is 5.28. The van der Waals surface area contributed by atoms with Crippen LogP contribution in [0.3, 0.4) is 0 Å². The van der Waals surface area contributed by atoms with Crippen molar-refractivity contribution in [2.24, 2.45) is 5.41 Å². The Hall–Kier alpha value is -1.58. The molecule has 4 nitrogen and oxygen atoms in total. The lowest BCUT2D eigenvalue weighted by Crippen LogP contribution is -2.40. The molecule has 0 N–H and O–H groups in total. The first-order valence-corrected chi connectivity index (χ1v) is 6.80. The summed E-state index contributed by atoms with van der Waals surface area (Å²) in [5.41, 5.74) is -0.706. The van der Waals surface area contributed by atoms with Gasteiger partial charge in [-0.25, -0.2) is 0 Å². The molecule has 0 bridgehead atoms. The van der Waals surface area contributed by atoms with Crippen molar-refractivity contribution in [1.29, 1.82) is 0 Å². The van der Waals surface area contributed by atoms with Gasteiger partial charge in [0.25, 0.3) is 0 Å². The first-order chi connectivity index (χ1) is 9.08. The van der Waals surface area contributed by atoms with Crippen molar-refractivity contribution >= 4 is 11.8 Å². The zero-order valence-electron chi connectivity index (χ0n) is 11.5. The molecule has 1 aromatic rings. The summed E-state index contributed by atoms with van der Waals surface area (Å²) in [6, 6.07) is 3.70. The highest BCUT2D eigenvalue weighted by Gasteiger charge is 2.46. The number of furan rings is 1. The van der Waals surface area contributed by atoms with Crippen LogP contribution in [-0.2, 0) is 14.3 Å². The highest BCUT2D eigenvalue weighted by Crippen LogP contribution is 2.47. The Bertz CT molecular complexity index is 449. The molecule has 2 rings (SSSR count). The van der Waals surface area contributed by atoms with E-state index in [1.165, 1.54) is 0 Å². The lowest BCUT2D eigenvalue weighted by atomic mass is 9.64. The second kappa shape index (κ2) is 5.59. The van der Waals surface area contributed by atoms with Gasteiger partial charge in [-0.2, -0.15) is 0 Å². The fraction of sp³-hybridized carbons (Fsp3) is 0.600. The maximum absolute atomic E-state index is 12.3. The number of rotatable bonds is 4. The number of ether oxygens (including phenoxy) is 1. The summed E-state index contributed by atoms with van der Waals surface area (Å²) >= 11 is 0. The summed E-state index contributed by atoms with van der Waals surface area (Å²) in [6.45, 7) is 3.97. The van der Waals surface area contributed by atoms with Gasteiger partial charge >= 0.3 is 5.97 Å². The SMILES string of the molecule is CCOC(=O)C[C@]1(C)C(=O)CCC[C@H]1c1ccco1. The fourth-order valence-electron chi connectivity index (χ4n) is 2.94. The van der Waals surface area contributed by atoms with Gasteiger partial charge in [-0.15, -0.1) is 0 Å². The van der Waals surface area contributed by atoms with Crippen molar-refractivity contribution in [2.45, 2.75) is 45.4 Å². The number of esters is 1. The largest absolute Gasteiger partial charge is 0.469 e. The Morgan fingerprint density at radius 2 is 2.37 bits per heavy atom. The molecule has 2 atom stereocenters. The molecule has 0 radical (unpaired) electrons. The van der Waals surface area contributed by atoms with E-state index in [0.29, 0.717) is 13.0 Å². The Morgan fingerprint density at radius 1 is 1.58 bits per heavy atom. The molecular weight excluding hydrogens is 244 g/mol. The molecule has 0 aromatic carbocycles. The predicted octanol–water partition coefficient (Wildman–Crippen LogP) is 3.08. The number of hydrogen-bond donors (Lipinski definition) is 0. The summed E-state index contributed by atoms with van der Waals surface area (Å²) in [5, 5.41) is 0. The van der Waals surface area contributed by atoms with Crippen LogP contribution >= 0.6 is 0 Å². The van der Waals surface area contributed by atoms with Crippen molar-refractivity contribution in [3.8, 4) is 0 Å². The van der Waals surface area contributed by atoms with Crippen LogP contribution in [0.15, 0.2) is 22.8 Å². The molecule has 0 unspecified atom stereocenters. The van der Waals surface area contributed by atoms with E-state index >= 15 is 0 Å². The standard InChI is InChI=1S/C15H20O4/c1-3-18-14(17)10-15(2)11(6-4-8-13(15)16)12-7-5-9-19-12/h5,7,9,11H,3-4,6,8,10H2,1-2H3/t11-,15-/m0/s1. The van der Waals surface area contributed by atoms with Crippen molar-refractivity contribution in [3.63, 3.8) is 0 Å². The minimum atomic E-state index is -0.706. The van der Waals surface area contributed by atoms with E-state index in [2.05, 4.69) is 0 Å². The minimum absolute atomic E-state index is 0.0341. The van der Waals surface area contributed by atoms with E-state index in [1.54, 1.807) is 13.2 Å². The monoisotopic (exact) mass is 264 g/mol. The first-order valence-electron chi connectivity index (χ1n) is 6.80. The van der Waals surface area contributed by atoms with Gasteiger partial charge in [0.05, 0.1) is 19.3 Å². The van der Waals surface area contributed by atoms with Crippen LogP contribution in [0.25, 0.3) is 0 Å². The van der Waals surface area contributed by atoms with Crippen LogP contribution in [0, 0.1) is 5.41 Å². The normalized spacial score (nSPS) is 27.3. The average molecular weight is 264 g/mol. The molecule has 0 aliphatic heterocycles. The van der Waals surface area contributed by atoms with Gasteiger partial charge < -0.3 is 9.15 Å². The van der Waals surface area contributed by atoms with Gasteiger partial charge in [0, 0.05) is 17.8 Å². The van der Waals surface area contributed by atoms with E-state index < -0.39 is 5.41 Å². The molecule has 0 amide bonds. The quantitative estimate of drug-likeness (QED) is 0.784. The van der Waals surface area contributed by atoms with E-state index in [-0.39, 0.29) is 24.1 Å². The zero-order chi connectivity index (χ0) is 13.9. The van der Waals surface area contributed by atoms with Crippen LogP contribution in [-0.4, -0.2) is 18.4 Å². The molecule has 1 heterocycles. The van der Waals surface area contributed by atoms with E-state index in [9.17, 15) is 9.59 Å². The third-order valence-corrected chi connectivity index (χ3v) is 4.01. The summed E-state index contributed by atoms with van der Waals surface area (Å²) < 4.78 is 10.5. The second-order valence-corrected chi connectivity index (χ2v) is 5.28. The molecule has 104 valence electrons. The predicted molar refractivity (Wildman–Crippen MR) is 69.7 cm³/mol. The Labute approximate surface area is 113 Å². The smallest absolute Gasteiger partial charge is 0.306 e. The van der Waals surface area contributed by atoms with Gasteiger partial charge in [0.2, 0.25) is 0 Å². The van der Waals surface area contributed by atoms with Crippen molar-refractivity contribution in [3.05, 3.63) is 24.2 Å². The van der Waals surface area contributed by atoms with Gasteiger partial charge in [-0.1, -0.05) is 6.92 Å². The van der Waals surface area contributed by atoms with Crippen LogP contribution in [0.1, 0.15) is 51.2 Å². The third-order valence-electron chi connectivity index (χ3n) is 4.01. The third kappa shape index (κ3) is 2.72. The van der Waals surface area contributed by atoms with Gasteiger partial charge in [0.15, 0.2) is 0 Å². The molecule has 1 fully saturated rings. The van der Waals surface area contributed by atoms with Crippen molar-refractivity contribution < 1.29 is 18.7 Å². The van der Waals surface area contributed by atoms with Crippen LogP contribution in [0.2, 0.25) is 0 Å². The maximum Gasteiger partial charge on any atom is 0.306 e. The van der Waals surface area contributed by atoms with E-state index in [0.717, 1.165) is 18.6 Å². The van der Waals surface area contributed by atoms with Gasteiger partial charge in [-0.3, -0.25) is 9.59 Å². The minimum Gasteiger partial charge on any atom is -0.469 e. The lowest BCUT2D eigenvalue weighted by molar-refractivity contribution is -0.151.